The minimum atomic E-state index is 0.666. The van der Waals surface area contributed by atoms with Gasteiger partial charge in [0.15, 0.2) is 0 Å². The molecule has 2 heterocycles. The van der Waals surface area contributed by atoms with Crippen LogP contribution in [0.1, 0.15) is 36.8 Å². The third-order valence-corrected chi connectivity index (χ3v) is 3.22. The Bertz CT molecular complexity index is 335. The van der Waals surface area contributed by atoms with Crippen molar-refractivity contribution >= 4 is 0 Å². The van der Waals surface area contributed by atoms with E-state index in [1.165, 1.54) is 36.9 Å². The zero-order chi connectivity index (χ0) is 11.9. The van der Waals surface area contributed by atoms with Crippen LogP contribution < -0.4 is 5.32 Å². The molecule has 1 fully saturated rings. The van der Waals surface area contributed by atoms with Gasteiger partial charge >= 0.3 is 0 Å². The summed E-state index contributed by atoms with van der Waals surface area (Å²) in [6.07, 6.45) is 8.86. The summed E-state index contributed by atoms with van der Waals surface area (Å²) >= 11 is 0. The molecule has 1 aromatic rings. The molecule has 94 valence electrons. The molecule has 1 N–H and O–H groups in total. The van der Waals surface area contributed by atoms with Gasteiger partial charge in [0.2, 0.25) is 0 Å². The van der Waals surface area contributed by atoms with Crippen molar-refractivity contribution < 1.29 is 4.74 Å². The molecule has 0 bridgehead atoms. The second-order valence-corrected chi connectivity index (χ2v) is 4.86. The molecular weight excluding hydrogens is 212 g/mol. The predicted octanol–water partition coefficient (Wildman–Crippen LogP) is 2.44. The van der Waals surface area contributed by atoms with Crippen LogP contribution in [-0.4, -0.2) is 24.2 Å². The van der Waals surface area contributed by atoms with Crippen molar-refractivity contribution in [2.45, 2.75) is 45.3 Å². The van der Waals surface area contributed by atoms with Crippen LogP contribution in [0.4, 0.5) is 0 Å². The van der Waals surface area contributed by atoms with Gasteiger partial charge in [-0.1, -0.05) is 12.5 Å². The Balaban J connectivity index is 1.62. The fourth-order valence-corrected chi connectivity index (χ4v) is 2.28. The first-order chi connectivity index (χ1) is 8.34. The van der Waals surface area contributed by atoms with Gasteiger partial charge in [-0.2, -0.15) is 0 Å². The third kappa shape index (κ3) is 4.44. The summed E-state index contributed by atoms with van der Waals surface area (Å²) in [5.41, 5.74) is 2.36. The van der Waals surface area contributed by atoms with Crippen molar-refractivity contribution in [3.05, 3.63) is 29.6 Å². The summed E-state index contributed by atoms with van der Waals surface area (Å²) in [5, 5.41) is 3.53. The molecule has 0 spiro atoms. The van der Waals surface area contributed by atoms with E-state index >= 15 is 0 Å². The highest BCUT2D eigenvalue weighted by atomic mass is 16.5. The van der Waals surface area contributed by atoms with Crippen LogP contribution in [0.5, 0.6) is 0 Å². The van der Waals surface area contributed by atoms with Crippen LogP contribution in [0.15, 0.2) is 18.5 Å². The van der Waals surface area contributed by atoms with Crippen LogP contribution in [0.2, 0.25) is 0 Å². The quantitative estimate of drug-likeness (QED) is 0.795. The molecule has 2 rings (SSSR count). The first kappa shape index (κ1) is 12.5. The molecule has 3 nitrogen and oxygen atoms in total. The van der Waals surface area contributed by atoms with Gasteiger partial charge in [-0.05, 0) is 43.9 Å². The average molecular weight is 234 g/mol. The second-order valence-electron chi connectivity index (χ2n) is 4.86. The van der Waals surface area contributed by atoms with Crippen LogP contribution in [0.25, 0.3) is 0 Å². The van der Waals surface area contributed by atoms with E-state index in [9.17, 15) is 0 Å². The van der Waals surface area contributed by atoms with E-state index in [4.69, 9.17) is 4.74 Å². The molecule has 1 aromatic heterocycles. The third-order valence-electron chi connectivity index (χ3n) is 3.22. The van der Waals surface area contributed by atoms with Crippen molar-refractivity contribution in [1.82, 2.24) is 10.3 Å². The Morgan fingerprint density at radius 3 is 3.12 bits per heavy atom. The molecule has 3 heteroatoms. The molecule has 1 unspecified atom stereocenters. The Kier molecular flexibility index (Phi) is 4.95. The van der Waals surface area contributed by atoms with Crippen molar-refractivity contribution in [3.8, 4) is 0 Å². The lowest BCUT2D eigenvalue weighted by Crippen LogP contribution is -2.34. The Labute approximate surface area is 104 Å². The van der Waals surface area contributed by atoms with E-state index in [1.807, 2.05) is 12.4 Å². The second kappa shape index (κ2) is 6.72. The minimum Gasteiger partial charge on any atom is -0.377 e. The van der Waals surface area contributed by atoms with Gasteiger partial charge in [0, 0.05) is 25.0 Å². The lowest BCUT2D eigenvalue weighted by molar-refractivity contribution is 0.108. The molecule has 1 aliphatic heterocycles. The largest absolute Gasteiger partial charge is 0.377 e. The molecule has 0 aliphatic carbocycles. The topological polar surface area (TPSA) is 34.1 Å². The predicted molar refractivity (Wildman–Crippen MR) is 68.9 cm³/mol. The SMILES string of the molecule is Cc1cncc(COCCC2CCCCN2)c1. The van der Waals surface area contributed by atoms with Crippen LogP contribution in [-0.2, 0) is 11.3 Å². The van der Waals surface area contributed by atoms with E-state index in [1.54, 1.807) is 0 Å². The average Bonchev–Trinajstić information content (AvgIpc) is 2.36. The molecule has 0 saturated carbocycles. The highest BCUT2D eigenvalue weighted by Crippen LogP contribution is 2.10. The number of nitrogens with zero attached hydrogens (tertiary/aromatic N) is 1. The Morgan fingerprint density at radius 2 is 2.35 bits per heavy atom. The number of pyridine rings is 1. The molecule has 17 heavy (non-hydrogen) atoms. The number of aromatic nitrogens is 1. The van der Waals surface area contributed by atoms with Crippen LogP contribution in [0, 0.1) is 6.92 Å². The molecule has 0 amide bonds. The Hall–Kier alpha value is -0.930. The van der Waals surface area contributed by atoms with Gasteiger partial charge in [-0.15, -0.1) is 0 Å². The van der Waals surface area contributed by atoms with E-state index in [-0.39, 0.29) is 0 Å². The molecule has 1 saturated heterocycles. The fraction of sp³-hybridized carbons (Fsp3) is 0.643. The zero-order valence-electron chi connectivity index (χ0n) is 10.6. The molecular formula is C14H22N2O. The summed E-state index contributed by atoms with van der Waals surface area (Å²) in [6, 6.07) is 2.80. The lowest BCUT2D eigenvalue weighted by atomic mass is 10.0. The van der Waals surface area contributed by atoms with Gasteiger partial charge in [-0.3, -0.25) is 4.98 Å². The smallest absolute Gasteiger partial charge is 0.0731 e. The monoisotopic (exact) mass is 234 g/mol. The van der Waals surface area contributed by atoms with Gasteiger partial charge < -0.3 is 10.1 Å². The zero-order valence-corrected chi connectivity index (χ0v) is 10.6. The molecule has 1 atom stereocenters. The maximum atomic E-state index is 5.70. The first-order valence-electron chi connectivity index (χ1n) is 6.56. The lowest BCUT2D eigenvalue weighted by Gasteiger charge is -2.23. The summed E-state index contributed by atoms with van der Waals surface area (Å²) in [7, 11) is 0. The normalized spacial score (nSPS) is 20.4. The number of hydrogen-bond donors (Lipinski definition) is 1. The Morgan fingerprint density at radius 1 is 1.41 bits per heavy atom. The number of aryl methyl sites for hydroxylation is 1. The summed E-state index contributed by atoms with van der Waals surface area (Å²) < 4.78 is 5.70. The van der Waals surface area contributed by atoms with E-state index in [2.05, 4.69) is 23.3 Å². The summed E-state index contributed by atoms with van der Waals surface area (Å²) in [4.78, 5) is 4.16. The number of rotatable bonds is 5. The fourth-order valence-electron chi connectivity index (χ4n) is 2.28. The maximum Gasteiger partial charge on any atom is 0.0731 e. The number of nitrogens with one attached hydrogen (secondary N) is 1. The van der Waals surface area contributed by atoms with Gasteiger partial charge in [0.25, 0.3) is 0 Å². The van der Waals surface area contributed by atoms with Gasteiger partial charge in [0.05, 0.1) is 6.61 Å². The number of piperidine rings is 1. The standard InChI is InChI=1S/C14H22N2O/c1-12-8-13(10-15-9-12)11-17-7-5-14-4-2-3-6-16-14/h8-10,14,16H,2-7,11H2,1H3. The minimum absolute atomic E-state index is 0.666. The summed E-state index contributed by atoms with van der Waals surface area (Å²) in [6.45, 7) is 4.75. The maximum absolute atomic E-state index is 5.70. The molecule has 1 aliphatic rings. The van der Waals surface area contributed by atoms with E-state index in [0.717, 1.165) is 13.0 Å². The van der Waals surface area contributed by atoms with E-state index in [0.29, 0.717) is 12.6 Å². The highest BCUT2D eigenvalue weighted by Gasteiger charge is 2.11. The van der Waals surface area contributed by atoms with Crippen molar-refractivity contribution in [2.24, 2.45) is 0 Å². The van der Waals surface area contributed by atoms with E-state index < -0.39 is 0 Å². The van der Waals surface area contributed by atoms with Crippen LogP contribution >= 0.6 is 0 Å². The highest BCUT2D eigenvalue weighted by molar-refractivity contribution is 5.15. The summed E-state index contributed by atoms with van der Waals surface area (Å²) in [5.74, 6) is 0. The van der Waals surface area contributed by atoms with Crippen molar-refractivity contribution in [1.29, 1.82) is 0 Å². The first-order valence-corrected chi connectivity index (χ1v) is 6.56. The number of hydrogen-bond acceptors (Lipinski definition) is 3. The molecule has 0 radical (unpaired) electrons. The number of ether oxygens (including phenoxy) is 1. The van der Waals surface area contributed by atoms with Crippen molar-refractivity contribution in [2.75, 3.05) is 13.2 Å². The van der Waals surface area contributed by atoms with Crippen LogP contribution in [0.3, 0.4) is 0 Å². The van der Waals surface area contributed by atoms with Crippen molar-refractivity contribution in [3.63, 3.8) is 0 Å². The molecule has 0 aromatic carbocycles. The van der Waals surface area contributed by atoms with Gasteiger partial charge in [-0.25, -0.2) is 0 Å². The van der Waals surface area contributed by atoms with Gasteiger partial charge in [0.1, 0.15) is 0 Å².